The molecule has 0 aromatic carbocycles. The van der Waals surface area contributed by atoms with Crippen molar-refractivity contribution in [3.8, 4) is 0 Å². The number of carbonyl (C=O) groups is 1. The van der Waals surface area contributed by atoms with E-state index in [2.05, 4.69) is 31.5 Å². The van der Waals surface area contributed by atoms with Crippen LogP contribution in [0.15, 0.2) is 16.7 Å². The second-order valence-electron chi connectivity index (χ2n) is 4.92. The fourth-order valence-electron chi connectivity index (χ4n) is 2.19. The fourth-order valence-corrected chi connectivity index (χ4v) is 2.52. The van der Waals surface area contributed by atoms with Crippen LogP contribution in [0, 0.1) is 5.92 Å². The maximum Gasteiger partial charge on any atom is 0.255 e. The number of halogens is 1. The molecule has 1 heterocycles. The number of amides is 1. The summed E-state index contributed by atoms with van der Waals surface area (Å²) in [7, 11) is 0. The summed E-state index contributed by atoms with van der Waals surface area (Å²) in [5.41, 5.74) is 0.602. The average molecular weight is 326 g/mol. The molecule has 0 spiro atoms. The molecule has 1 saturated carbocycles. The van der Waals surface area contributed by atoms with Crippen molar-refractivity contribution in [2.75, 3.05) is 18.4 Å². The molecule has 0 bridgehead atoms. The first kappa shape index (κ1) is 14.3. The van der Waals surface area contributed by atoms with Crippen LogP contribution in [-0.2, 0) is 0 Å². The zero-order valence-corrected chi connectivity index (χ0v) is 12.8. The van der Waals surface area contributed by atoms with E-state index in [4.69, 9.17) is 0 Å². The van der Waals surface area contributed by atoms with Gasteiger partial charge < -0.3 is 10.6 Å². The smallest absolute Gasteiger partial charge is 0.255 e. The van der Waals surface area contributed by atoms with Crippen molar-refractivity contribution in [2.24, 2.45) is 5.92 Å². The lowest BCUT2D eigenvalue weighted by Gasteiger charge is -2.25. The third kappa shape index (κ3) is 3.93. The van der Waals surface area contributed by atoms with Crippen LogP contribution in [-0.4, -0.2) is 24.0 Å². The Labute approximate surface area is 122 Å². The zero-order valence-electron chi connectivity index (χ0n) is 11.2. The maximum absolute atomic E-state index is 12.2. The van der Waals surface area contributed by atoms with E-state index in [1.807, 2.05) is 13.0 Å². The van der Waals surface area contributed by atoms with Gasteiger partial charge in [0.1, 0.15) is 5.82 Å². The standard InChI is InChI=1S/C14H20BrN3O/c1-2-16-13-12(8-11(15)9-18-13)14(19)17-7-6-10-4-3-5-10/h8-10H,2-7H2,1H3,(H,16,18)(H,17,19). The number of nitrogens with one attached hydrogen (secondary N) is 2. The highest BCUT2D eigenvalue weighted by Crippen LogP contribution is 2.28. The summed E-state index contributed by atoms with van der Waals surface area (Å²) < 4.78 is 0.818. The van der Waals surface area contributed by atoms with Crippen LogP contribution < -0.4 is 10.6 Å². The number of pyridine rings is 1. The predicted octanol–water partition coefficient (Wildman–Crippen LogP) is 3.20. The lowest BCUT2D eigenvalue weighted by Crippen LogP contribution is -2.28. The van der Waals surface area contributed by atoms with Gasteiger partial charge in [-0.15, -0.1) is 0 Å². The molecule has 1 amide bonds. The number of carbonyl (C=O) groups excluding carboxylic acids is 1. The lowest BCUT2D eigenvalue weighted by molar-refractivity contribution is 0.0949. The van der Waals surface area contributed by atoms with Gasteiger partial charge in [-0.05, 0) is 41.3 Å². The Kier molecular flexibility index (Phi) is 5.19. The quantitative estimate of drug-likeness (QED) is 0.844. The third-order valence-electron chi connectivity index (χ3n) is 3.51. The Bertz CT molecular complexity index is 446. The van der Waals surface area contributed by atoms with Gasteiger partial charge in [0.15, 0.2) is 0 Å². The van der Waals surface area contributed by atoms with E-state index in [0.717, 1.165) is 29.9 Å². The largest absolute Gasteiger partial charge is 0.370 e. The number of aromatic nitrogens is 1. The van der Waals surface area contributed by atoms with E-state index in [0.29, 0.717) is 11.4 Å². The summed E-state index contributed by atoms with van der Waals surface area (Å²) in [6.07, 6.45) is 6.76. The van der Waals surface area contributed by atoms with Crippen LogP contribution in [0.3, 0.4) is 0 Å². The van der Waals surface area contributed by atoms with Crippen molar-refractivity contribution in [3.05, 3.63) is 22.3 Å². The molecule has 5 heteroatoms. The van der Waals surface area contributed by atoms with Crippen molar-refractivity contribution in [2.45, 2.75) is 32.6 Å². The first-order valence-electron chi connectivity index (χ1n) is 6.88. The van der Waals surface area contributed by atoms with Crippen molar-refractivity contribution in [3.63, 3.8) is 0 Å². The van der Waals surface area contributed by atoms with Crippen molar-refractivity contribution < 1.29 is 4.79 Å². The Balaban J connectivity index is 1.94. The van der Waals surface area contributed by atoms with Crippen LogP contribution in [0.4, 0.5) is 5.82 Å². The van der Waals surface area contributed by atoms with E-state index < -0.39 is 0 Å². The first-order valence-corrected chi connectivity index (χ1v) is 7.67. The molecular formula is C14H20BrN3O. The Morgan fingerprint density at radius 1 is 1.53 bits per heavy atom. The first-order chi connectivity index (χ1) is 9.20. The minimum atomic E-state index is -0.0518. The topological polar surface area (TPSA) is 54.0 Å². The predicted molar refractivity (Wildman–Crippen MR) is 80.4 cm³/mol. The monoisotopic (exact) mass is 325 g/mol. The van der Waals surface area contributed by atoms with E-state index in [-0.39, 0.29) is 5.91 Å². The molecule has 0 radical (unpaired) electrons. The van der Waals surface area contributed by atoms with E-state index in [1.165, 1.54) is 19.3 Å². The molecule has 0 atom stereocenters. The molecule has 104 valence electrons. The molecule has 0 saturated heterocycles. The van der Waals surface area contributed by atoms with Gasteiger partial charge in [0, 0.05) is 23.8 Å². The average Bonchev–Trinajstić information content (AvgIpc) is 2.34. The number of rotatable bonds is 6. The SMILES string of the molecule is CCNc1ncc(Br)cc1C(=O)NCCC1CCC1. The Hall–Kier alpha value is -1.10. The maximum atomic E-state index is 12.2. The molecule has 1 aromatic heterocycles. The van der Waals surface area contributed by atoms with Crippen molar-refractivity contribution >= 4 is 27.7 Å². The summed E-state index contributed by atoms with van der Waals surface area (Å²) in [5.74, 6) is 1.41. The van der Waals surface area contributed by atoms with Gasteiger partial charge >= 0.3 is 0 Å². The van der Waals surface area contributed by atoms with Crippen LogP contribution in [0.2, 0.25) is 0 Å². The molecule has 4 nitrogen and oxygen atoms in total. The summed E-state index contributed by atoms with van der Waals surface area (Å²) in [6, 6.07) is 1.81. The summed E-state index contributed by atoms with van der Waals surface area (Å²) >= 11 is 3.36. The molecule has 1 fully saturated rings. The van der Waals surface area contributed by atoms with Gasteiger partial charge in [0.2, 0.25) is 0 Å². The highest BCUT2D eigenvalue weighted by molar-refractivity contribution is 9.10. The molecule has 0 aliphatic heterocycles. The Morgan fingerprint density at radius 3 is 2.95 bits per heavy atom. The van der Waals surface area contributed by atoms with Crippen molar-refractivity contribution in [1.82, 2.24) is 10.3 Å². The normalized spacial score (nSPS) is 14.8. The highest BCUT2D eigenvalue weighted by atomic mass is 79.9. The minimum Gasteiger partial charge on any atom is -0.370 e. The number of hydrogen-bond acceptors (Lipinski definition) is 3. The molecular weight excluding hydrogens is 306 g/mol. The van der Waals surface area contributed by atoms with E-state index in [1.54, 1.807) is 6.20 Å². The zero-order chi connectivity index (χ0) is 13.7. The van der Waals surface area contributed by atoms with Crippen LogP contribution in [0.5, 0.6) is 0 Å². The number of nitrogens with zero attached hydrogens (tertiary/aromatic N) is 1. The third-order valence-corrected chi connectivity index (χ3v) is 3.94. The minimum absolute atomic E-state index is 0.0518. The summed E-state index contributed by atoms with van der Waals surface area (Å²) in [6.45, 7) is 3.49. The molecule has 1 aromatic rings. The van der Waals surface area contributed by atoms with Crippen LogP contribution >= 0.6 is 15.9 Å². The van der Waals surface area contributed by atoms with Crippen molar-refractivity contribution in [1.29, 1.82) is 0 Å². The second-order valence-corrected chi connectivity index (χ2v) is 5.84. The van der Waals surface area contributed by atoms with Gasteiger partial charge in [-0.1, -0.05) is 19.3 Å². The Morgan fingerprint density at radius 2 is 2.32 bits per heavy atom. The summed E-state index contributed by atoms with van der Waals surface area (Å²) in [5, 5.41) is 6.10. The van der Waals surface area contributed by atoms with Gasteiger partial charge in [0.05, 0.1) is 5.56 Å². The number of anilines is 1. The van der Waals surface area contributed by atoms with Crippen LogP contribution in [0.25, 0.3) is 0 Å². The molecule has 1 aliphatic carbocycles. The van der Waals surface area contributed by atoms with Crippen LogP contribution in [0.1, 0.15) is 43.0 Å². The molecule has 0 unspecified atom stereocenters. The van der Waals surface area contributed by atoms with Gasteiger partial charge in [-0.2, -0.15) is 0 Å². The second kappa shape index (κ2) is 6.89. The summed E-state index contributed by atoms with van der Waals surface area (Å²) in [4.78, 5) is 16.4. The van der Waals surface area contributed by atoms with Gasteiger partial charge in [0.25, 0.3) is 5.91 Å². The van der Waals surface area contributed by atoms with E-state index in [9.17, 15) is 4.79 Å². The molecule has 2 rings (SSSR count). The molecule has 19 heavy (non-hydrogen) atoms. The lowest BCUT2D eigenvalue weighted by atomic mass is 9.83. The molecule has 2 N–H and O–H groups in total. The molecule has 1 aliphatic rings. The highest BCUT2D eigenvalue weighted by Gasteiger charge is 2.18. The van der Waals surface area contributed by atoms with Gasteiger partial charge in [-0.25, -0.2) is 4.98 Å². The van der Waals surface area contributed by atoms with E-state index >= 15 is 0 Å². The van der Waals surface area contributed by atoms with Gasteiger partial charge in [-0.3, -0.25) is 4.79 Å². The fraction of sp³-hybridized carbons (Fsp3) is 0.571. The number of hydrogen-bond donors (Lipinski definition) is 2.